The van der Waals surface area contributed by atoms with E-state index in [1.807, 2.05) is 6.07 Å². The first kappa shape index (κ1) is 16.6. The maximum absolute atomic E-state index is 11.4. The summed E-state index contributed by atoms with van der Waals surface area (Å²) in [6.07, 6.45) is -0.800. The van der Waals surface area contributed by atoms with Crippen LogP contribution in [0, 0.1) is 17.2 Å². The van der Waals surface area contributed by atoms with Gasteiger partial charge in [0.05, 0.1) is 17.7 Å². The van der Waals surface area contributed by atoms with E-state index in [-0.39, 0.29) is 0 Å². The first-order valence-corrected chi connectivity index (χ1v) is 6.22. The van der Waals surface area contributed by atoms with Crippen molar-refractivity contribution >= 4 is 58.6 Å². The molecular formula is C8H10Cl3N3O2S. The largest absolute Gasteiger partial charge is 0.445 e. The van der Waals surface area contributed by atoms with E-state index in [0.29, 0.717) is 17.7 Å². The fraction of sp³-hybridized carbons (Fsp3) is 0.625. The molecule has 5 nitrogen and oxygen atoms in total. The lowest BCUT2D eigenvalue weighted by molar-refractivity contribution is 0.136. The maximum Gasteiger partial charge on any atom is 0.445 e. The highest BCUT2D eigenvalue weighted by atomic mass is 35.6. The number of carbonyl (C=O) groups excluding carboxylic acids is 1. The van der Waals surface area contributed by atoms with Gasteiger partial charge in [0.2, 0.25) is 0 Å². The molecule has 1 amide bonds. The monoisotopic (exact) mass is 317 g/mol. The van der Waals surface area contributed by atoms with Gasteiger partial charge in [0.25, 0.3) is 3.12 Å². The average molecular weight is 319 g/mol. The van der Waals surface area contributed by atoms with E-state index < -0.39 is 15.1 Å². The summed E-state index contributed by atoms with van der Waals surface area (Å²) in [6.45, 7) is 3.20. The van der Waals surface area contributed by atoms with Crippen LogP contribution in [0.25, 0.3) is 0 Å². The van der Waals surface area contributed by atoms with Crippen LogP contribution in [0.15, 0.2) is 5.16 Å². The Morgan fingerprint density at radius 2 is 2.12 bits per heavy atom. The van der Waals surface area contributed by atoms with Gasteiger partial charge in [-0.15, -0.1) is 0 Å². The molecule has 0 radical (unpaired) electrons. The number of carbonyl (C=O) groups is 1. The molecule has 0 aliphatic carbocycles. The molecule has 0 saturated carbocycles. The lowest BCUT2D eigenvalue weighted by Crippen LogP contribution is -2.23. The molecule has 0 heterocycles. The molecule has 0 N–H and O–H groups in total. The highest BCUT2D eigenvalue weighted by molar-refractivity contribution is 8.03. The molecule has 0 aromatic carbocycles. The van der Waals surface area contributed by atoms with Crippen LogP contribution < -0.4 is 0 Å². The molecule has 0 aromatic heterocycles. The van der Waals surface area contributed by atoms with Crippen LogP contribution in [0.4, 0.5) is 4.79 Å². The fourth-order valence-electron chi connectivity index (χ4n) is 0.534. The second kappa shape index (κ2) is 7.17. The van der Waals surface area contributed by atoms with Gasteiger partial charge < -0.3 is 0 Å². The Balaban J connectivity index is 4.33. The smallest absolute Gasteiger partial charge is 0.297 e. The van der Waals surface area contributed by atoms with Crippen molar-refractivity contribution in [3.05, 3.63) is 0 Å². The standard InChI is InChI=1S/C8H10Cl3N3O2S/c1-5(4-12)6(2)13-16-7(15)14(3)17-8(9,10)11/h5H,1-3H3. The zero-order chi connectivity index (χ0) is 13.6. The quantitative estimate of drug-likeness (QED) is 0.262. The molecule has 0 spiro atoms. The zero-order valence-electron chi connectivity index (χ0n) is 9.28. The summed E-state index contributed by atoms with van der Waals surface area (Å²) in [5.41, 5.74) is 0.383. The van der Waals surface area contributed by atoms with Crippen molar-refractivity contribution in [3.8, 4) is 6.07 Å². The minimum absolute atomic E-state index is 0.383. The molecule has 0 rings (SSSR count). The Kier molecular flexibility index (Phi) is 7.02. The summed E-state index contributed by atoms with van der Waals surface area (Å²) in [5, 5.41) is 12.1. The summed E-state index contributed by atoms with van der Waals surface area (Å²) in [6, 6.07) is 1.95. The van der Waals surface area contributed by atoms with Crippen LogP contribution in [0.1, 0.15) is 13.8 Å². The van der Waals surface area contributed by atoms with E-state index in [4.69, 9.17) is 40.1 Å². The number of alkyl halides is 3. The van der Waals surface area contributed by atoms with E-state index in [1.54, 1.807) is 13.8 Å². The minimum atomic E-state index is -1.66. The van der Waals surface area contributed by atoms with E-state index in [0.717, 1.165) is 4.31 Å². The third kappa shape index (κ3) is 7.55. The number of nitriles is 1. The van der Waals surface area contributed by atoms with Crippen molar-refractivity contribution in [1.29, 1.82) is 5.26 Å². The van der Waals surface area contributed by atoms with Gasteiger partial charge in [-0.2, -0.15) is 5.26 Å². The number of hydrogen-bond acceptors (Lipinski definition) is 5. The number of amides is 1. The van der Waals surface area contributed by atoms with Gasteiger partial charge in [0.15, 0.2) is 0 Å². The molecule has 0 aliphatic heterocycles. The highest BCUT2D eigenvalue weighted by Crippen LogP contribution is 2.40. The van der Waals surface area contributed by atoms with Crippen LogP contribution in [-0.2, 0) is 4.84 Å². The van der Waals surface area contributed by atoms with Gasteiger partial charge in [0.1, 0.15) is 0 Å². The van der Waals surface area contributed by atoms with E-state index in [2.05, 4.69) is 9.99 Å². The molecule has 0 aromatic rings. The molecule has 0 fully saturated rings. The number of oxime groups is 1. The normalized spacial score (nSPS) is 13.8. The molecule has 96 valence electrons. The van der Waals surface area contributed by atoms with Gasteiger partial charge in [-0.1, -0.05) is 40.0 Å². The van der Waals surface area contributed by atoms with Crippen molar-refractivity contribution in [2.45, 2.75) is 17.0 Å². The van der Waals surface area contributed by atoms with Crippen LogP contribution in [0.3, 0.4) is 0 Å². The van der Waals surface area contributed by atoms with Crippen LogP contribution in [-0.4, -0.2) is 26.3 Å². The molecular weight excluding hydrogens is 309 g/mol. The number of hydrogen-bond donors (Lipinski definition) is 0. The first-order chi connectivity index (χ1) is 7.67. The summed E-state index contributed by atoms with van der Waals surface area (Å²) >= 11 is 17.1. The predicted octanol–water partition coefficient (Wildman–Crippen LogP) is 3.57. The molecule has 9 heteroatoms. The van der Waals surface area contributed by atoms with Crippen LogP contribution >= 0.6 is 46.8 Å². The molecule has 1 unspecified atom stereocenters. The van der Waals surface area contributed by atoms with E-state index in [1.165, 1.54) is 7.05 Å². The first-order valence-electron chi connectivity index (χ1n) is 4.32. The summed E-state index contributed by atoms with van der Waals surface area (Å²) < 4.78 is -0.673. The highest BCUT2D eigenvalue weighted by Gasteiger charge is 2.27. The van der Waals surface area contributed by atoms with Crippen molar-refractivity contribution in [3.63, 3.8) is 0 Å². The van der Waals surface area contributed by atoms with Crippen molar-refractivity contribution < 1.29 is 9.63 Å². The molecule has 17 heavy (non-hydrogen) atoms. The van der Waals surface area contributed by atoms with E-state index >= 15 is 0 Å². The minimum Gasteiger partial charge on any atom is -0.297 e. The van der Waals surface area contributed by atoms with Gasteiger partial charge in [-0.05, 0) is 13.8 Å². The molecule has 0 bridgehead atoms. The fourth-order valence-corrected chi connectivity index (χ4v) is 1.88. The van der Waals surface area contributed by atoms with Gasteiger partial charge in [-0.3, -0.25) is 4.84 Å². The second-order valence-corrected chi connectivity index (χ2v) is 7.27. The Bertz CT molecular complexity index is 351. The summed E-state index contributed by atoms with van der Waals surface area (Å²) in [4.78, 5) is 15.9. The third-order valence-electron chi connectivity index (χ3n) is 1.59. The average Bonchev–Trinajstić information content (AvgIpc) is 2.21. The summed E-state index contributed by atoms with van der Waals surface area (Å²) in [7, 11) is 1.37. The predicted molar refractivity (Wildman–Crippen MR) is 70.0 cm³/mol. The third-order valence-corrected chi connectivity index (χ3v) is 2.84. The topological polar surface area (TPSA) is 65.7 Å². The van der Waals surface area contributed by atoms with Crippen LogP contribution in [0.5, 0.6) is 0 Å². The Morgan fingerprint density at radius 3 is 2.53 bits per heavy atom. The van der Waals surface area contributed by atoms with Gasteiger partial charge in [0, 0.05) is 19.0 Å². The number of nitrogens with zero attached hydrogens (tertiary/aromatic N) is 3. The summed E-state index contributed by atoms with van der Waals surface area (Å²) in [5.74, 6) is -0.436. The Hall–Kier alpha value is -0.350. The zero-order valence-corrected chi connectivity index (χ0v) is 12.4. The van der Waals surface area contributed by atoms with Crippen molar-refractivity contribution in [2.75, 3.05) is 7.05 Å². The van der Waals surface area contributed by atoms with Gasteiger partial charge in [-0.25, -0.2) is 9.10 Å². The maximum atomic E-state index is 11.4. The van der Waals surface area contributed by atoms with Crippen LogP contribution in [0.2, 0.25) is 0 Å². The van der Waals surface area contributed by atoms with Gasteiger partial charge >= 0.3 is 6.09 Å². The second-order valence-electron chi connectivity index (χ2n) is 2.98. The number of halogens is 3. The van der Waals surface area contributed by atoms with Crippen molar-refractivity contribution in [2.24, 2.45) is 11.1 Å². The molecule has 0 aliphatic rings. The number of rotatable bonds is 3. The Morgan fingerprint density at radius 1 is 1.59 bits per heavy atom. The lowest BCUT2D eigenvalue weighted by Gasteiger charge is -2.17. The van der Waals surface area contributed by atoms with E-state index in [9.17, 15) is 4.79 Å². The van der Waals surface area contributed by atoms with Crippen molar-refractivity contribution in [1.82, 2.24) is 4.31 Å². The lowest BCUT2D eigenvalue weighted by atomic mass is 10.1. The molecule has 1 atom stereocenters. The SMILES string of the molecule is CC(=NOC(=O)N(C)SC(Cl)(Cl)Cl)C(C)C#N. The molecule has 0 saturated heterocycles. The Labute approximate surface area is 119 Å².